The van der Waals surface area contributed by atoms with Gasteiger partial charge >= 0.3 is 0 Å². The quantitative estimate of drug-likeness (QED) is 0.656. The normalized spacial score (nSPS) is 15.0. The van der Waals surface area contributed by atoms with Gasteiger partial charge in [0.05, 0.1) is 37.2 Å². The van der Waals surface area contributed by atoms with Gasteiger partial charge in [-0.15, -0.1) is 0 Å². The summed E-state index contributed by atoms with van der Waals surface area (Å²) in [5.41, 5.74) is 1.97. The van der Waals surface area contributed by atoms with E-state index in [1.54, 1.807) is 20.4 Å². The van der Waals surface area contributed by atoms with E-state index in [1.807, 2.05) is 18.2 Å². The first kappa shape index (κ1) is 17.0. The largest absolute Gasteiger partial charge is 0.493 e. The minimum absolute atomic E-state index is 0.607. The Morgan fingerprint density at radius 2 is 1.92 bits per heavy atom. The number of nitrogens with zero attached hydrogens (tertiary/aromatic N) is 2. The molecule has 4 rings (SSSR count). The molecule has 2 aromatic heterocycles. The SMILES string of the molecule is COc1cc2c(cc1OCCCN1CCCC1)[nH]c1ccnc(OC)c12. The average molecular weight is 355 g/mol. The van der Waals surface area contributed by atoms with Crippen LogP contribution in [0.3, 0.4) is 0 Å². The van der Waals surface area contributed by atoms with Crippen LogP contribution in [0.25, 0.3) is 21.8 Å². The smallest absolute Gasteiger partial charge is 0.223 e. The molecule has 0 unspecified atom stereocenters. The van der Waals surface area contributed by atoms with Crippen LogP contribution in [-0.4, -0.2) is 55.3 Å². The van der Waals surface area contributed by atoms with Gasteiger partial charge in [0.2, 0.25) is 5.88 Å². The second-order valence-electron chi connectivity index (χ2n) is 6.67. The van der Waals surface area contributed by atoms with E-state index in [4.69, 9.17) is 14.2 Å². The Kier molecular flexibility index (Phi) is 4.84. The summed E-state index contributed by atoms with van der Waals surface area (Å²) in [6.45, 7) is 4.23. The minimum Gasteiger partial charge on any atom is -0.493 e. The fourth-order valence-electron chi connectivity index (χ4n) is 3.73. The van der Waals surface area contributed by atoms with E-state index in [0.29, 0.717) is 12.5 Å². The lowest BCUT2D eigenvalue weighted by atomic mass is 10.1. The molecule has 1 fully saturated rings. The Hall–Kier alpha value is -2.47. The first-order valence-electron chi connectivity index (χ1n) is 9.17. The molecule has 0 amide bonds. The van der Waals surface area contributed by atoms with Gasteiger partial charge in [-0.05, 0) is 44.5 Å². The number of benzene rings is 1. The highest BCUT2D eigenvalue weighted by atomic mass is 16.5. The number of ether oxygens (including phenoxy) is 3. The van der Waals surface area contributed by atoms with Crippen molar-refractivity contribution in [3.05, 3.63) is 24.4 Å². The fraction of sp³-hybridized carbons (Fsp3) is 0.450. The Balaban J connectivity index is 1.57. The van der Waals surface area contributed by atoms with Gasteiger partial charge in [-0.25, -0.2) is 4.98 Å². The standard InChI is InChI=1S/C20H25N3O3/c1-24-17-12-14-16(22-15-6-7-21-20(25-2)19(14)15)13-18(17)26-11-5-10-23-8-3-4-9-23/h6-7,12-13,22H,3-5,8-11H2,1-2H3. The van der Waals surface area contributed by atoms with E-state index in [1.165, 1.54) is 25.9 Å². The van der Waals surface area contributed by atoms with Gasteiger partial charge in [0.1, 0.15) is 0 Å². The van der Waals surface area contributed by atoms with Gasteiger partial charge in [0.15, 0.2) is 11.5 Å². The molecule has 0 atom stereocenters. The number of hydrogen-bond donors (Lipinski definition) is 1. The molecular formula is C20H25N3O3. The van der Waals surface area contributed by atoms with Gasteiger partial charge in [-0.1, -0.05) is 0 Å². The summed E-state index contributed by atoms with van der Waals surface area (Å²) in [6.07, 6.45) is 5.41. The van der Waals surface area contributed by atoms with Crippen molar-refractivity contribution in [2.24, 2.45) is 0 Å². The maximum Gasteiger partial charge on any atom is 0.223 e. The van der Waals surface area contributed by atoms with Crippen molar-refractivity contribution >= 4 is 21.8 Å². The van der Waals surface area contributed by atoms with E-state index in [0.717, 1.165) is 46.3 Å². The molecular weight excluding hydrogens is 330 g/mol. The van der Waals surface area contributed by atoms with Crippen LogP contribution < -0.4 is 14.2 Å². The summed E-state index contributed by atoms with van der Waals surface area (Å²) in [7, 11) is 3.30. The number of pyridine rings is 1. The maximum absolute atomic E-state index is 6.03. The molecule has 1 aliphatic rings. The molecule has 0 aliphatic carbocycles. The summed E-state index contributed by atoms with van der Waals surface area (Å²) in [6, 6.07) is 5.94. The molecule has 1 N–H and O–H groups in total. The number of aromatic amines is 1. The third-order valence-electron chi connectivity index (χ3n) is 5.03. The van der Waals surface area contributed by atoms with Crippen molar-refractivity contribution in [3.63, 3.8) is 0 Å². The molecule has 0 saturated carbocycles. The zero-order valence-corrected chi connectivity index (χ0v) is 15.4. The highest BCUT2D eigenvalue weighted by Crippen LogP contribution is 2.38. The summed E-state index contributed by atoms with van der Waals surface area (Å²) >= 11 is 0. The van der Waals surface area contributed by atoms with Crippen LogP contribution in [0.5, 0.6) is 17.4 Å². The second kappa shape index (κ2) is 7.41. The van der Waals surface area contributed by atoms with E-state index >= 15 is 0 Å². The number of nitrogens with one attached hydrogen (secondary N) is 1. The van der Waals surface area contributed by atoms with Gasteiger partial charge in [0, 0.05) is 24.2 Å². The zero-order valence-electron chi connectivity index (χ0n) is 15.4. The van der Waals surface area contributed by atoms with E-state index < -0.39 is 0 Å². The van der Waals surface area contributed by atoms with E-state index in [2.05, 4.69) is 14.9 Å². The molecule has 3 heterocycles. The van der Waals surface area contributed by atoms with Gasteiger partial charge in [-0.2, -0.15) is 0 Å². The minimum atomic E-state index is 0.607. The summed E-state index contributed by atoms with van der Waals surface area (Å²) in [5.74, 6) is 2.10. The predicted molar refractivity (Wildman–Crippen MR) is 102 cm³/mol. The van der Waals surface area contributed by atoms with Gasteiger partial charge in [0.25, 0.3) is 0 Å². The number of hydrogen-bond acceptors (Lipinski definition) is 5. The molecule has 1 aliphatic heterocycles. The van der Waals surface area contributed by atoms with Crippen LogP contribution in [0.2, 0.25) is 0 Å². The first-order valence-corrected chi connectivity index (χ1v) is 9.17. The topological polar surface area (TPSA) is 59.6 Å². The molecule has 1 saturated heterocycles. The number of methoxy groups -OCH3 is 2. The Morgan fingerprint density at radius 1 is 1.08 bits per heavy atom. The summed E-state index contributed by atoms with van der Waals surface area (Å²) in [5, 5.41) is 1.98. The van der Waals surface area contributed by atoms with Crippen molar-refractivity contribution in [1.29, 1.82) is 0 Å². The van der Waals surface area contributed by atoms with Crippen LogP contribution in [-0.2, 0) is 0 Å². The highest BCUT2D eigenvalue weighted by Gasteiger charge is 2.15. The van der Waals surface area contributed by atoms with E-state index in [9.17, 15) is 0 Å². The highest BCUT2D eigenvalue weighted by molar-refractivity contribution is 6.10. The van der Waals surface area contributed by atoms with Crippen LogP contribution >= 0.6 is 0 Å². The molecule has 6 heteroatoms. The van der Waals surface area contributed by atoms with Crippen molar-refractivity contribution < 1.29 is 14.2 Å². The monoisotopic (exact) mass is 355 g/mol. The maximum atomic E-state index is 6.03. The number of aromatic nitrogens is 2. The van der Waals surface area contributed by atoms with Crippen LogP contribution in [0, 0.1) is 0 Å². The molecule has 0 radical (unpaired) electrons. The average Bonchev–Trinajstić information content (AvgIpc) is 3.31. The van der Waals surface area contributed by atoms with Crippen LogP contribution in [0.1, 0.15) is 19.3 Å². The van der Waals surface area contributed by atoms with Crippen molar-refractivity contribution in [2.75, 3.05) is 40.5 Å². The molecule has 26 heavy (non-hydrogen) atoms. The van der Waals surface area contributed by atoms with Crippen LogP contribution in [0.4, 0.5) is 0 Å². The fourth-order valence-corrected chi connectivity index (χ4v) is 3.73. The number of likely N-dealkylation sites (tertiary alicyclic amines) is 1. The third-order valence-corrected chi connectivity index (χ3v) is 5.03. The predicted octanol–water partition coefficient (Wildman–Crippen LogP) is 3.60. The zero-order chi connectivity index (χ0) is 17.9. The summed E-state index contributed by atoms with van der Waals surface area (Å²) < 4.78 is 17.0. The number of rotatable bonds is 7. The molecule has 1 aromatic carbocycles. The molecule has 6 nitrogen and oxygen atoms in total. The number of fused-ring (bicyclic) bond motifs is 3. The van der Waals surface area contributed by atoms with Crippen molar-refractivity contribution in [1.82, 2.24) is 14.9 Å². The lowest BCUT2D eigenvalue weighted by molar-refractivity contribution is 0.254. The molecule has 3 aromatic rings. The molecule has 0 spiro atoms. The van der Waals surface area contributed by atoms with Crippen LogP contribution in [0.15, 0.2) is 24.4 Å². The number of H-pyrrole nitrogens is 1. The first-order chi connectivity index (χ1) is 12.8. The Morgan fingerprint density at radius 3 is 2.69 bits per heavy atom. The Bertz CT molecular complexity index is 900. The van der Waals surface area contributed by atoms with E-state index in [-0.39, 0.29) is 0 Å². The van der Waals surface area contributed by atoms with Crippen molar-refractivity contribution in [3.8, 4) is 17.4 Å². The lowest BCUT2D eigenvalue weighted by Gasteiger charge is -2.15. The lowest BCUT2D eigenvalue weighted by Crippen LogP contribution is -2.21. The summed E-state index contributed by atoms with van der Waals surface area (Å²) in [4.78, 5) is 10.2. The molecule has 0 bridgehead atoms. The van der Waals surface area contributed by atoms with Gasteiger partial charge < -0.3 is 24.1 Å². The second-order valence-corrected chi connectivity index (χ2v) is 6.67. The molecule has 138 valence electrons. The van der Waals surface area contributed by atoms with Crippen molar-refractivity contribution in [2.45, 2.75) is 19.3 Å². The van der Waals surface area contributed by atoms with Gasteiger partial charge in [-0.3, -0.25) is 0 Å². The third kappa shape index (κ3) is 3.17. The Labute approximate surface area is 153 Å².